The van der Waals surface area contributed by atoms with Crippen LogP contribution in [-0.4, -0.2) is 34.4 Å². The van der Waals surface area contributed by atoms with Crippen molar-refractivity contribution >= 4 is 29.2 Å². The quantitative estimate of drug-likeness (QED) is 0.708. The second-order valence-corrected chi connectivity index (χ2v) is 7.35. The molecule has 1 atom stereocenters. The lowest BCUT2D eigenvalue weighted by Crippen LogP contribution is -2.45. The van der Waals surface area contributed by atoms with E-state index in [4.69, 9.17) is 4.74 Å². The van der Waals surface area contributed by atoms with Crippen LogP contribution in [0.3, 0.4) is 0 Å². The van der Waals surface area contributed by atoms with Crippen molar-refractivity contribution in [2.75, 3.05) is 5.32 Å². The van der Waals surface area contributed by atoms with Gasteiger partial charge in [-0.25, -0.2) is 9.78 Å². The Labute approximate surface area is 160 Å². The average molecular weight is 375 g/mol. The van der Waals surface area contributed by atoms with Gasteiger partial charge in [-0.3, -0.25) is 9.59 Å². The van der Waals surface area contributed by atoms with Gasteiger partial charge in [-0.15, -0.1) is 0 Å². The third kappa shape index (κ3) is 8.48. The van der Waals surface area contributed by atoms with Crippen molar-refractivity contribution in [2.45, 2.75) is 66.0 Å². The SMILES string of the molecule is CCCC(NC(=O)OC(C)(C)C)C(=O)Nc1ccc(C(C)=CC(C)=O)cn1. The third-order valence-electron chi connectivity index (χ3n) is 3.47. The van der Waals surface area contributed by atoms with Crippen molar-refractivity contribution in [3.05, 3.63) is 30.0 Å². The van der Waals surface area contributed by atoms with E-state index in [0.717, 1.165) is 17.6 Å². The van der Waals surface area contributed by atoms with Gasteiger partial charge in [0.2, 0.25) is 5.91 Å². The molecule has 2 N–H and O–H groups in total. The summed E-state index contributed by atoms with van der Waals surface area (Å²) in [6.07, 6.45) is 3.67. The molecule has 0 aliphatic rings. The van der Waals surface area contributed by atoms with E-state index in [-0.39, 0.29) is 11.7 Å². The number of ketones is 1. The lowest BCUT2D eigenvalue weighted by Gasteiger charge is -2.23. The number of allylic oxidation sites excluding steroid dienone is 2. The number of anilines is 1. The second kappa shape index (κ2) is 9.85. The number of carbonyl (C=O) groups excluding carboxylic acids is 3. The summed E-state index contributed by atoms with van der Waals surface area (Å²) in [5.41, 5.74) is 0.948. The number of ether oxygens (including phenoxy) is 1. The fourth-order valence-corrected chi connectivity index (χ4v) is 2.31. The number of hydrogen-bond donors (Lipinski definition) is 2. The van der Waals surface area contributed by atoms with Crippen molar-refractivity contribution in [2.24, 2.45) is 0 Å². The van der Waals surface area contributed by atoms with E-state index in [1.54, 1.807) is 39.1 Å². The van der Waals surface area contributed by atoms with Gasteiger partial charge in [0.25, 0.3) is 0 Å². The summed E-state index contributed by atoms with van der Waals surface area (Å²) in [5.74, 6) is -0.0362. The van der Waals surface area contributed by atoms with Gasteiger partial charge in [-0.1, -0.05) is 13.3 Å². The fourth-order valence-electron chi connectivity index (χ4n) is 2.31. The summed E-state index contributed by atoms with van der Waals surface area (Å²) in [7, 11) is 0. The van der Waals surface area contributed by atoms with Gasteiger partial charge < -0.3 is 15.4 Å². The van der Waals surface area contributed by atoms with Crippen LogP contribution in [0.2, 0.25) is 0 Å². The number of alkyl carbamates (subject to hydrolysis) is 1. The maximum atomic E-state index is 12.5. The molecule has 148 valence electrons. The van der Waals surface area contributed by atoms with Crippen molar-refractivity contribution in [3.63, 3.8) is 0 Å². The van der Waals surface area contributed by atoms with Crippen LogP contribution >= 0.6 is 0 Å². The summed E-state index contributed by atoms with van der Waals surface area (Å²) in [6, 6.07) is 2.71. The van der Waals surface area contributed by atoms with Crippen LogP contribution in [-0.2, 0) is 14.3 Å². The smallest absolute Gasteiger partial charge is 0.408 e. The molecule has 0 saturated carbocycles. The minimum absolute atomic E-state index is 0.0412. The number of carbonyl (C=O) groups is 3. The molecule has 0 aromatic carbocycles. The number of rotatable bonds is 7. The summed E-state index contributed by atoms with van der Waals surface area (Å²) in [4.78, 5) is 39.8. The molecule has 0 bridgehead atoms. The van der Waals surface area contributed by atoms with E-state index in [0.29, 0.717) is 12.2 Å². The van der Waals surface area contributed by atoms with Gasteiger partial charge in [-0.05, 0) is 70.4 Å². The summed E-state index contributed by atoms with van der Waals surface area (Å²) >= 11 is 0. The van der Waals surface area contributed by atoms with Gasteiger partial charge in [0.1, 0.15) is 17.5 Å². The van der Waals surface area contributed by atoms with Gasteiger partial charge >= 0.3 is 6.09 Å². The van der Waals surface area contributed by atoms with E-state index in [9.17, 15) is 14.4 Å². The molecule has 2 amide bonds. The molecule has 1 aromatic heterocycles. The first-order chi connectivity index (χ1) is 12.5. The molecular weight excluding hydrogens is 346 g/mol. The van der Waals surface area contributed by atoms with Crippen LogP contribution in [0.15, 0.2) is 24.4 Å². The topological polar surface area (TPSA) is 97.4 Å². The van der Waals surface area contributed by atoms with Gasteiger partial charge in [-0.2, -0.15) is 0 Å². The standard InChI is InChI=1S/C20H29N3O4/c1-7-8-16(22-19(26)27-20(4,5)6)18(25)23-17-10-9-15(12-21-17)13(2)11-14(3)24/h9-12,16H,7-8H2,1-6H3,(H,22,26)(H,21,23,25). The molecule has 0 aliphatic heterocycles. The summed E-state index contributed by atoms with van der Waals surface area (Å²) in [5, 5.41) is 5.29. The zero-order chi connectivity index (χ0) is 20.6. The highest BCUT2D eigenvalue weighted by atomic mass is 16.6. The Hall–Kier alpha value is -2.70. The molecule has 1 heterocycles. The summed E-state index contributed by atoms with van der Waals surface area (Å²) in [6.45, 7) is 10.5. The fraction of sp³-hybridized carbons (Fsp3) is 0.500. The highest BCUT2D eigenvalue weighted by Gasteiger charge is 2.24. The van der Waals surface area contributed by atoms with E-state index >= 15 is 0 Å². The maximum Gasteiger partial charge on any atom is 0.408 e. The minimum atomic E-state index is -0.717. The van der Waals surface area contributed by atoms with Crippen molar-refractivity contribution in [1.29, 1.82) is 0 Å². The molecule has 1 unspecified atom stereocenters. The largest absolute Gasteiger partial charge is 0.444 e. The van der Waals surface area contributed by atoms with E-state index in [2.05, 4.69) is 15.6 Å². The van der Waals surface area contributed by atoms with Crippen LogP contribution in [0.1, 0.15) is 59.9 Å². The molecule has 0 saturated heterocycles. The van der Waals surface area contributed by atoms with Gasteiger partial charge in [0, 0.05) is 6.20 Å². The molecule has 7 heteroatoms. The molecule has 1 rings (SSSR count). The van der Waals surface area contributed by atoms with Crippen LogP contribution in [0.25, 0.3) is 5.57 Å². The highest BCUT2D eigenvalue weighted by molar-refractivity contribution is 5.96. The Bertz CT molecular complexity index is 703. The third-order valence-corrected chi connectivity index (χ3v) is 3.47. The number of hydrogen-bond acceptors (Lipinski definition) is 5. The first-order valence-corrected chi connectivity index (χ1v) is 8.97. The van der Waals surface area contributed by atoms with E-state index in [1.807, 2.05) is 13.8 Å². The Morgan fingerprint density at radius 1 is 1.22 bits per heavy atom. The first-order valence-electron chi connectivity index (χ1n) is 8.97. The van der Waals surface area contributed by atoms with Crippen LogP contribution in [0, 0.1) is 0 Å². The maximum absolute atomic E-state index is 12.5. The van der Waals surface area contributed by atoms with Crippen molar-refractivity contribution < 1.29 is 19.1 Å². The number of aromatic nitrogens is 1. The van der Waals surface area contributed by atoms with Crippen LogP contribution < -0.4 is 10.6 Å². The number of pyridine rings is 1. The minimum Gasteiger partial charge on any atom is -0.444 e. The lowest BCUT2D eigenvalue weighted by molar-refractivity contribution is -0.118. The molecule has 0 spiro atoms. The number of nitrogens with one attached hydrogen (secondary N) is 2. The molecule has 27 heavy (non-hydrogen) atoms. The normalized spacial score (nSPS) is 12.9. The van der Waals surface area contributed by atoms with Crippen molar-refractivity contribution in [1.82, 2.24) is 10.3 Å². The Balaban J connectivity index is 2.78. The van der Waals surface area contributed by atoms with Crippen molar-refractivity contribution in [3.8, 4) is 0 Å². The monoisotopic (exact) mass is 375 g/mol. The zero-order valence-electron chi connectivity index (χ0n) is 16.9. The Morgan fingerprint density at radius 3 is 2.37 bits per heavy atom. The molecule has 0 fully saturated rings. The predicted molar refractivity (Wildman–Crippen MR) is 105 cm³/mol. The number of amides is 2. The zero-order valence-corrected chi connectivity index (χ0v) is 16.9. The van der Waals surface area contributed by atoms with Gasteiger partial charge in [0.05, 0.1) is 0 Å². The Kier molecular flexibility index (Phi) is 8.15. The second-order valence-electron chi connectivity index (χ2n) is 7.35. The molecular formula is C20H29N3O4. The average Bonchev–Trinajstić information content (AvgIpc) is 2.52. The molecule has 7 nitrogen and oxygen atoms in total. The van der Waals surface area contributed by atoms with Crippen LogP contribution in [0.5, 0.6) is 0 Å². The molecule has 0 radical (unpaired) electrons. The first kappa shape index (κ1) is 22.3. The highest BCUT2D eigenvalue weighted by Crippen LogP contribution is 2.15. The number of nitrogens with zero attached hydrogens (tertiary/aromatic N) is 1. The molecule has 0 aliphatic carbocycles. The van der Waals surface area contributed by atoms with Crippen LogP contribution in [0.4, 0.5) is 10.6 Å². The van der Waals surface area contributed by atoms with E-state index < -0.39 is 17.7 Å². The predicted octanol–water partition coefficient (Wildman–Crippen LogP) is 3.71. The lowest BCUT2D eigenvalue weighted by atomic mass is 10.1. The summed E-state index contributed by atoms with van der Waals surface area (Å²) < 4.78 is 5.21. The Morgan fingerprint density at radius 2 is 1.89 bits per heavy atom. The van der Waals surface area contributed by atoms with Gasteiger partial charge in [0.15, 0.2) is 5.78 Å². The van der Waals surface area contributed by atoms with E-state index in [1.165, 1.54) is 13.0 Å². The molecule has 1 aromatic rings.